The second kappa shape index (κ2) is 3.21. The van der Waals surface area contributed by atoms with Gasteiger partial charge in [-0.05, 0) is 41.8 Å². The average Bonchev–Trinajstić information content (AvgIpc) is 2.92. The molecule has 0 amide bonds. The number of rotatable bonds is 0. The predicted molar refractivity (Wildman–Crippen MR) is 79.7 cm³/mol. The topological polar surface area (TPSA) is 15.8 Å². The second-order valence-corrected chi connectivity index (χ2v) is 8.71. The van der Waals surface area contributed by atoms with Crippen LogP contribution in [0.15, 0.2) is 58.5 Å². The van der Waals surface area contributed by atoms with Gasteiger partial charge in [-0.2, -0.15) is 10.0 Å². The molecule has 1 aliphatic rings. The zero-order chi connectivity index (χ0) is 12.3. The summed E-state index contributed by atoms with van der Waals surface area (Å²) in [7, 11) is -0.881. The van der Waals surface area contributed by atoms with Crippen molar-refractivity contribution in [1.29, 1.82) is 0 Å². The fraction of sp³-hybridized carbons (Fsp3) is 0.125. The summed E-state index contributed by atoms with van der Waals surface area (Å²) in [4.78, 5) is 6.39. The fourth-order valence-electron chi connectivity index (χ4n) is 3.11. The van der Waals surface area contributed by atoms with Crippen LogP contribution in [0.25, 0.3) is 22.0 Å². The van der Waals surface area contributed by atoms with Gasteiger partial charge < -0.3 is 4.98 Å². The van der Waals surface area contributed by atoms with Gasteiger partial charge in [0.1, 0.15) is 0 Å². The Morgan fingerprint density at radius 1 is 0.889 bits per heavy atom. The van der Waals surface area contributed by atoms with Crippen LogP contribution in [-0.4, -0.2) is 17.5 Å². The predicted octanol–water partition coefficient (Wildman–Crippen LogP) is 4.63. The molecule has 1 N–H and O–H groups in total. The van der Waals surface area contributed by atoms with Gasteiger partial charge in [0, 0.05) is 26.9 Å². The van der Waals surface area contributed by atoms with Crippen LogP contribution in [0.1, 0.15) is 0 Å². The molecule has 0 saturated carbocycles. The first kappa shape index (κ1) is 10.3. The molecule has 2 heteroatoms. The number of hydrogen-bond donors (Lipinski definition) is 1. The lowest BCUT2D eigenvalue weighted by molar-refractivity contribution is 1.45. The molecule has 1 aliphatic heterocycles. The minimum atomic E-state index is -0.881. The van der Waals surface area contributed by atoms with Crippen LogP contribution in [0.4, 0.5) is 0 Å². The smallest absolute Gasteiger partial charge is 0.0465 e. The molecule has 0 bridgehead atoms. The Labute approximate surface area is 108 Å². The van der Waals surface area contributed by atoms with Gasteiger partial charge in [-0.25, -0.2) is 0 Å². The standard InChI is InChI=1S/C16H15NS/c1-18(2)15-6-4-3-5-11(15)12-7-8-14-13(16(12)18)9-10-17-14/h3-10,17H,1-2H3. The molecule has 90 valence electrons. The first-order chi connectivity index (χ1) is 8.69. The van der Waals surface area contributed by atoms with Crippen LogP contribution in [0, 0.1) is 0 Å². The van der Waals surface area contributed by atoms with E-state index in [-0.39, 0.29) is 0 Å². The van der Waals surface area contributed by atoms with Crippen LogP contribution < -0.4 is 0 Å². The summed E-state index contributed by atoms with van der Waals surface area (Å²) in [5.74, 6) is 0. The van der Waals surface area contributed by atoms with Gasteiger partial charge in [0.2, 0.25) is 0 Å². The lowest BCUT2D eigenvalue weighted by Gasteiger charge is -2.28. The van der Waals surface area contributed by atoms with Crippen molar-refractivity contribution in [3.63, 3.8) is 0 Å². The number of nitrogens with one attached hydrogen (secondary N) is 1. The van der Waals surface area contributed by atoms with E-state index in [0.29, 0.717) is 0 Å². The largest absolute Gasteiger partial charge is 0.361 e. The normalized spacial score (nSPS) is 17.4. The maximum Gasteiger partial charge on any atom is 0.0465 e. The molecule has 0 aliphatic carbocycles. The van der Waals surface area contributed by atoms with E-state index >= 15 is 0 Å². The van der Waals surface area contributed by atoms with Crippen molar-refractivity contribution in [2.24, 2.45) is 0 Å². The van der Waals surface area contributed by atoms with Crippen molar-refractivity contribution in [3.8, 4) is 11.1 Å². The van der Waals surface area contributed by atoms with Crippen LogP contribution in [0.2, 0.25) is 0 Å². The molecule has 2 heterocycles. The fourth-order valence-corrected chi connectivity index (χ4v) is 5.93. The highest BCUT2D eigenvalue weighted by atomic mass is 32.3. The molecule has 18 heavy (non-hydrogen) atoms. The van der Waals surface area contributed by atoms with Gasteiger partial charge >= 0.3 is 0 Å². The summed E-state index contributed by atoms with van der Waals surface area (Å²) in [5.41, 5.74) is 4.11. The summed E-state index contributed by atoms with van der Waals surface area (Å²) in [5, 5.41) is 1.39. The van der Waals surface area contributed by atoms with Gasteiger partial charge in [-0.3, -0.25) is 0 Å². The summed E-state index contributed by atoms with van der Waals surface area (Å²) >= 11 is 0. The molecular weight excluding hydrogens is 238 g/mol. The summed E-state index contributed by atoms with van der Waals surface area (Å²) in [6.45, 7) is 0. The molecule has 0 fully saturated rings. The van der Waals surface area contributed by atoms with E-state index in [1.165, 1.54) is 26.9 Å². The number of benzene rings is 2. The minimum Gasteiger partial charge on any atom is -0.361 e. The average molecular weight is 253 g/mol. The Morgan fingerprint density at radius 3 is 2.61 bits per heavy atom. The minimum absolute atomic E-state index is 0.881. The summed E-state index contributed by atoms with van der Waals surface area (Å²) < 4.78 is 0. The Hall–Kier alpha value is -1.67. The van der Waals surface area contributed by atoms with Gasteiger partial charge in [0.15, 0.2) is 0 Å². The number of aromatic nitrogens is 1. The van der Waals surface area contributed by atoms with E-state index in [1.54, 1.807) is 4.90 Å². The maximum absolute atomic E-state index is 3.33. The quantitative estimate of drug-likeness (QED) is 0.601. The zero-order valence-corrected chi connectivity index (χ0v) is 11.3. The second-order valence-electron chi connectivity index (χ2n) is 5.20. The third-order valence-electron chi connectivity index (χ3n) is 3.92. The van der Waals surface area contributed by atoms with Crippen LogP contribution >= 0.6 is 10.0 Å². The van der Waals surface area contributed by atoms with Crippen LogP contribution in [0.3, 0.4) is 0 Å². The van der Waals surface area contributed by atoms with Crippen molar-refractivity contribution >= 4 is 20.9 Å². The number of aromatic amines is 1. The Bertz CT molecular complexity index is 768. The molecule has 4 rings (SSSR count). The lowest BCUT2D eigenvalue weighted by Crippen LogP contribution is -1.92. The van der Waals surface area contributed by atoms with Crippen LogP contribution in [0.5, 0.6) is 0 Å². The van der Waals surface area contributed by atoms with E-state index in [4.69, 9.17) is 0 Å². The first-order valence-corrected chi connectivity index (χ1v) is 8.57. The monoisotopic (exact) mass is 253 g/mol. The third kappa shape index (κ3) is 1.09. The lowest BCUT2D eigenvalue weighted by atomic mass is 10.0. The van der Waals surface area contributed by atoms with Gasteiger partial charge in [-0.15, -0.1) is 0 Å². The molecule has 1 nitrogen and oxygen atoms in total. The van der Waals surface area contributed by atoms with Gasteiger partial charge in [-0.1, -0.05) is 24.3 Å². The van der Waals surface area contributed by atoms with E-state index in [2.05, 4.69) is 60.0 Å². The van der Waals surface area contributed by atoms with Gasteiger partial charge in [0.25, 0.3) is 0 Å². The Morgan fingerprint density at radius 2 is 1.72 bits per heavy atom. The van der Waals surface area contributed by atoms with E-state index in [9.17, 15) is 0 Å². The highest BCUT2D eigenvalue weighted by Gasteiger charge is 2.32. The third-order valence-corrected chi connectivity index (χ3v) is 6.84. The SMILES string of the molecule is CS1(C)c2ccccc2-c2ccc3[nH]ccc3c21. The molecule has 0 saturated heterocycles. The van der Waals surface area contributed by atoms with Gasteiger partial charge in [0.05, 0.1) is 0 Å². The Balaban J connectivity index is 2.21. The van der Waals surface area contributed by atoms with Crippen molar-refractivity contribution in [2.45, 2.75) is 9.79 Å². The summed E-state index contributed by atoms with van der Waals surface area (Å²) in [6, 6.07) is 15.5. The molecule has 0 atom stereocenters. The molecule has 0 spiro atoms. The molecule has 0 unspecified atom stereocenters. The van der Waals surface area contributed by atoms with E-state index in [0.717, 1.165) is 0 Å². The molecule has 2 aromatic carbocycles. The highest BCUT2D eigenvalue weighted by molar-refractivity contribution is 8.33. The molecule has 1 aromatic heterocycles. The van der Waals surface area contributed by atoms with Crippen molar-refractivity contribution in [1.82, 2.24) is 4.98 Å². The van der Waals surface area contributed by atoms with Crippen molar-refractivity contribution in [2.75, 3.05) is 12.5 Å². The van der Waals surface area contributed by atoms with E-state index < -0.39 is 10.0 Å². The first-order valence-electron chi connectivity index (χ1n) is 6.12. The zero-order valence-electron chi connectivity index (χ0n) is 10.5. The van der Waals surface area contributed by atoms with Crippen molar-refractivity contribution < 1.29 is 0 Å². The Kier molecular flexibility index (Phi) is 1.83. The highest BCUT2D eigenvalue weighted by Crippen LogP contribution is 2.68. The number of H-pyrrole nitrogens is 1. The van der Waals surface area contributed by atoms with Crippen molar-refractivity contribution in [3.05, 3.63) is 48.7 Å². The molecular formula is C16H15NS. The summed E-state index contributed by atoms with van der Waals surface area (Å²) in [6.07, 6.45) is 6.86. The number of fused-ring (bicyclic) bond motifs is 5. The number of hydrogen-bond acceptors (Lipinski definition) is 0. The van der Waals surface area contributed by atoms with Crippen LogP contribution in [-0.2, 0) is 0 Å². The molecule has 3 aromatic rings. The maximum atomic E-state index is 3.33. The van der Waals surface area contributed by atoms with E-state index in [1.807, 2.05) is 6.20 Å². The molecule has 0 radical (unpaired) electrons.